The molecule has 1 saturated heterocycles. The number of piperidine rings is 1. The van der Waals surface area contributed by atoms with Crippen molar-refractivity contribution >= 4 is 5.97 Å². The first-order valence-corrected chi connectivity index (χ1v) is 7.66. The molecule has 1 atom stereocenters. The third kappa shape index (κ3) is 4.21. The molecule has 0 aliphatic carbocycles. The molecule has 1 fully saturated rings. The summed E-state index contributed by atoms with van der Waals surface area (Å²) < 4.78 is 10.6. The van der Waals surface area contributed by atoms with Gasteiger partial charge in [0.1, 0.15) is 5.75 Å². The van der Waals surface area contributed by atoms with Gasteiger partial charge in [-0.2, -0.15) is 0 Å². The molecule has 1 aromatic carbocycles. The first kappa shape index (κ1) is 15.8. The first-order valence-electron chi connectivity index (χ1n) is 7.66. The normalized spacial score (nSPS) is 19.3. The molecule has 0 saturated carbocycles. The van der Waals surface area contributed by atoms with Crippen molar-refractivity contribution in [2.45, 2.75) is 33.2 Å². The fourth-order valence-electron chi connectivity index (χ4n) is 2.92. The Morgan fingerprint density at radius 1 is 1.43 bits per heavy atom. The summed E-state index contributed by atoms with van der Waals surface area (Å²) in [6.07, 6.45) is 1.97. The molecule has 0 bridgehead atoms. The summed E-state index contributed by atoms with van der Waals surface area (Å²) in [6.45, 7) is 7.02. The Balaban J connectivity index is 2.02. The number of methoxy groups -OCH3 is 1. The zero-order chi connectivity index (χ0) is 15.2. The van der Waals surface area contributed by atoms with Crippen LogP contribution in [0.1, 0.15) is 30.9 Å². The molecular weight excluding hydrogens is 266 g/mol. The average Bonchev–Trinajstić information content (AvgIpc) is 2.48. The second-order valence-corrected chi connectivity index (χ2v) is 5.64. The van der Waals surface area contributed by atoms with Crippen LogP contribution in [0.5, 0.6) is 5.75 Å². The summed E-state index contributed by atoms with van der Waals surface area (Å²) in [7, 11) is 1.70. The van der Waals surface area contributed by atoms with E-state index in [2.05, 4.69) is 24.0 Å². The minimum atomic E-state index is -0.0570. The van der Waals surface area contributed by atoms with Gasteiger partial charge in [0, 0.05) is 18.7 Å². The first-order chi connectivity index (χ1) is 10.1. The van der Waals surface area contributed by atoms with Crippen molar-refractivity contribution in [3.05, 3.63) is 29.3 Å². The van der Waals surface area contributed by atoms with Crippen LogP contribution in [-0.4, -0.2) is 37.7 Å². The molecule has 0 amide bonds. The molecule has 1 aliphatic heterocycles. The molecule has 0 unspecified atom stereocenters. The third-order valence-corrected chi connectivity index (χ3v) is 3.96. The van der Waals surface area contributed by atoms with Crippen molar-refractivity contribution in [2.24, 2.45) is 5.92 Å². The van der Waals surface area contributed by atoms with Gasteiger partial charge < -0.3 is 9.47 Å². The Labute approximate surface area is 127 Å². The van der Waals surface area contributed by atoms with Gasteiger partial charge in [0.05, 0.1) is 19.6 Å². The van der Waals surface area contributed by atoms with Crippen molar-refractivity contribution in [2.75, 3.05) is 26.8 Å². The monoisotopic (exact) mass is 291 g/mol. The van der Waals surface area contributed by atoms with Crippen LogP contribution in [0.25, 0.3) is 0 Å². The number of likely N-dealkylation sites (tertiary alicyclic amines) is 1. The van der Waals surface area contributed by atoms with Crippen molar-refractivity contribution in [3.8, 4) is 5.75 Å². The van der Waals surface area contributed by atoms with E-state index in [0.29, 0.717) is 6.61 Å². The SMILES string of the molecule is CCOC(=O)[C@@H]1CCCN(Cc2cc(C)ccc2OC)C1. The lowest BCUT2D eigenvalue weighted by atomic mass is 9.97. The molecule has 4 heteroatoms. The van der Waals surface area contributed by atoms with E-state index in [4.69, 9.17) is 9.47 Å². The van der Waals surface area contributed by atoms with Crippen LogP contribution < -0.4 is 4.74 Å². The number of benzene rings is 1. The zero-order valence-electron chi connectivity index (χ0n) is 13.2. The Bertz CT molecular complexity index is 487. The minimum Gasteiger partial charge on any atom is -0.496 e. The fourth-order valence-corrected chi connectivity index (χ4v) is 2.92. The van der Waals surface area contributed by atoms with Crippen LogP contribution in [0.4, 0.5) is 0 Å². The maximum atomic E-state index is 11.9. The molecule has 1 aromatic rings. The van der Waals surface area contributed by atoms with E-state index in [1.165, 1.54) is 11.1 Å². The van der Waals surface area contributed by atoms with Gasteiger partial charge in [0.25, 0.3) is 0 Å². The van der Waals surface area contributed by atoms with Gasteiger partial charge in [-0.05, 0) is 39.3 Å². The lowest BCUT2D eigenvalue weighted by Crippen LogP contribution is -2.39. The molecule has 1 aliphatic rings. The fraction of sp³-hybridized carbons (Fsp3) is 0.588. The molecule has 4 nitrogen and oxygen atoms in total. The zero-order valence-corrected chi connectivity index (χ0v) is 13.2. The standard InChI is InChI=1S/C17H25NO3/c1-4-21-17(19)14-6-5-9-18(11-14)12-15-10-13(2)7-8-16(15)20-3/h7-8,10,14H,4-6,9,11-12H2,1-3H3/t14-/m1/s1. The number of rotatable bonds is 5. The Morgan fingerprint density at radius 2 is 2.24 bits per heavy atom. The molecule has 21 heavy (non-hydrogen) atoms. The summed E-state index contributed by atoms with van der Waals surface area (Å²) in [5.41, 5.74) is 2.41. The third-order valence-electron chi connectivity index (χ3n) is 3.96. The molecule has 116 valence electrons. The molecule has 0 aromatic heterocycles. The van der Waals surface area contributed by atoms with Crippen LogP contribution in [0.2, 0.25) is 0 Å². The number of carbonyl (C=O) groups excluding carboxylic acids is 1. The predicted molar refractivity (Wildman–Crippen MR) is 82.4 cm³/mol. The highest BCUT2D eigenvalue weighted by atomic mass is 16.5. The number of esters is 1. The van der Waals surface area contributed by atoms with Crippen molar-refractivity contribution in [1.82, 2.24) is 4.90 Å². The van der Waals surface area contributed by atoms with Crippen molar-refractivity contribution in [3.63, 3.8) is 0 Å². The lowest BCUT2D eigenvalue weighted by molar-refractivity contribution is -0.150. The summed E-state index contributed by atoms with van der Waals surface area (Å²) >= 11 is 0. The van der Waals surface area contributed by atoms with Crippen LogP contribution in [0, 0.1) is 12.8 Å². The van der Waals surface area contributed by atoms with Crippen LogP contribution >= 0.6 is 0 Å². The second-order valence-electron chi connectivity index (χ2n) is 5.64. The quantitative estimate of drug-likeness (QED) is 0.782. The maximum absolute atomic E-state index is 11.9. The van der Waals surface area contributed by atoms with Crippen LogP contribution in [0.3, 0.4) is 0 Å². The maximum Gasteiger partial charge on any atom is 0.310 e. The van der Waals surface area contributed by atoms with Crippen molar-refractivity contribution in [1.29, 1.82) is 0 Å². The summed E-state index contributed by atoms with van der Waals surface area (Å²) in [5, 5.41) is 0. The van der Waals surface area contributed by atoms with E-state index < -0.39 is 0 Å². The van der Waals surface area contributed by atoms with Gasteiger partial charge in [-0.3, -0.25) is 9.69 Å². The van der Waals surface area contributed by atoms with Gasteiger partial charge in [-0.15, -0.1) is 0 Å². The highest BCUT2D eigenvalue weighted by Crippen LogP contribution is 2.25. The molecule has 1 heterocycles. The number of hydrogen-bond acceptors (Lipinski definition) is 4. The van der Waals surface area contributed by atoms with Gasteiger partial charge in [-0.1, -0.05) is 17.7 Å². The van der Waals surface area contributed by atoms with E-state index in [-0.39, 0.29) is 11.9 Å². The minimum absolute atomic E-state index is 0.00880. The lowest BCUT2D eigenvalue weighted by Gasteiger charge is -2.31. The number of carbonyl (C=O) groups is 1. The van der Waals surface area contributed by atoms with Gasteiger partial charge in [0.2, 0.25) is 0 Å². The molecule has 0 radical (unpaired) electrons. The van der Waals surface area contributed by atoms with E-state index in [1.807, 2.05) is 13.0 Å². The van der Waals surface area contributed by atoms with Crippen LogP contribution in [-0.2, 0) is 16.1 Å². The van der Waals surface area contributed by atoms with Gasteiger partial charge in [0.15, 0.2) is 0 Å². The highest BCUT2D eigenvalue weighted by Gasteiger charge is 2.27. The summed E-state index contributed by atoms with van der Waals surface area (Å²) in [6, 6.07) is 6.23. The Morgan fingerprint density at radius 3 is 2.95 bits per heavy atom. The summed E-state index contributed by atoms with van der Waals surface area (Å²) in [5.74, 6) is 0.867. The van der Waals surface area contributed by atoms with E-state index in [1.54, 1.807) is 7.11 Å². The molecular formula is C17H25NO3. The number of hydrogen-bond donors (Lipinski definition) is 0. The summed E-state index contributed by atoms with van der Waals surface area (Å²) in [4.78, 5) is 14.2. The van der Waals surface area contributed by atoms with E-state index in [9.17, 15) is 4.79 Å². The van der Waals surface area contributed by atoms with E-state index in [0.717, 1.165) is 38.2 Å². The Kier molecular flexibility index (Phi) is 5.62. The smallest absolute Gasteiger partial charge is 0.310 e. The van der Waals surface area contributed by atoms with Crippen molar-refractivity contribution < 1.29 is 14.3 Å². The van der Waals surface area contributed by atoms with E-state index >= 15 is 0 Å². The highest BCUT2D eigenvalue weighted by molar-refractivity contribution is 5.72. The molecule has 0 N–H and O–H groups in total. The largest absolute Gasteiger partial charge is 0.496 e. The average molecular weight is 291 g/mol. The topological polar surface area (TPSA) is 38.8 Å². The number of aryl methyl sites for hydroxylation is 1. The number of nitrogens with zero attached hydrogens (tertiary/aromatic N) is 1. The van der Waals surface area contributed by atoms with Gasteiger partial charge >= 0.3 is 5.97 Å². The van der Waals surface area contributed by atoms with Gasteiger partial charge in [-0.25, -0.2) is 0 Å². The second kappa shape index (κ2) is 7.46. The molecule has 0 spiro atoms. The number of ether oxygens (including phenoxy) is 2. The Hall–Kier alpha value is -1.55. The molecule has 2 rings (SSSR count). The predicted octanol–water partition coefficient (Wildman–Crippen LogP) is 2.78. The van der Waals surface area contributed by atoms with Crippen LogP contribution in [0.15, 0.2) is 18.2 Å².